The van der Waals surface area contributed by atoms with E-state index in [-0.39, 0.29) is 36.0 Å². The fourth-order valence-corrected chi connectivity index (χ4v) is 6.16. The topological polar surface area (TPSA) is 57.7 Å². The summed E-state index contributed by atoms with van der Waals surface area (Å²) in [6.45, 7) is 0.881. The van der Waals surface area contributed by atoms with Crippen LogP contribution in [0.5, 0.6) is 0 Å². The van der Waals surface area contributed by atoms with Crippen molar-refractivity contribution in [3.63, 3.8) is 0 Å². The van der Waals surface area contributed by atoms with Crippen LogP contribution in [0.1, 0.15) is 5.56 Å². The van der Waals surface area contributed by atoms with Crippen molar-refractivity contribution in [1.29, 1.82) is 0 Å². The Morgan fingerprint density at radius 1 is 0.963 bits per heavy atom. The molecule has 0 saturated carbocycles. The van der Waals surface area contributed by atoms with Crippen LogP contribution in [-0.4, -0.2) is 55.9 Å². The molecule has 7 heteroatoms. The smallest absolute Gasteiger partial charge is 0.241 e. The number of piperazine rings is 1. The molecule has 27 heavy (non-hydrogen) atoms. The zero-order valence-electron chi connectivity index (χ0n) is 14.8. The molecule has 2 fully saturated rings. The highest BCUT2D eigenvalue weighted by Gasteiger charge is 2.49. The summed E-state index contributed by atoms with van der Waals surface area (Å²) in [5.41, 5.74) is 1.89. The summed E-state index contributed by atoms with van der Waals surface area (Å²) in [5, 5.41) is 0.687. The molecule has 4 rings (SSSR count). The Kier molecular flexibility index (Phi) is 4.97. The molecule has 1 amide bonds. The SMILES string of the molecule is O=C1CN(CCc2ccc(Cl)cc2)[C@@H]2CS(=O)(=O)C[C@H]2N1c1ccccc1. The standard InChI is InChI=1S/C20H21ClN2O3S/c21-16-8-6-15(7-9-16)10-11-22-12-20(24)23(17-4-2-1-3-5-17)19-14-27(25,26)13-18(19)22/h1-9,18-19H,10-14H2/t18-,19-/m1/s1. The van der Waals surface area contributed by atoms with Crippen LogP contribution >= 0.6 is 11.6 Å². The Bertz CT molecular complexity index is 931. The third-order valence-corrected chi connectivity index (χ3v) is 7.29. The van der Waals surface area contributed by atoms with Crippen LogP contribution in [0.4, 0.5) is 5.69 Å². The average molecular weight is 405 g/mol. The molecule has 5 nitrogen and oxygen atoms in total. The minimum Gasteiger partial charge on any atom is -0.306 e. The lowest BCUT2D eigenvalue weighted by Gasteiger charge is -2.43. The number of nitrogens with zero attached hydrogens (tertiary/aromatic N) is 2. The molecule has 0 spiro atoms. The third kappa shape index (κ3) is 3.88. The van der Waals surface area contributed by atoms with Crippen LogP contribution in [0, 0.1) is 0 Å². The van der Waals surface area contributed by atoms with E-state index in [2.05, 4.69) is 0 Å². The summed E-state index contributed by atoms with van der Waals surface area (Å²) in [5.74, 6) is 0.0839. The van der Waals surface area contributed by atoms with Gasteiger partial charge in [0.25, 0.3) is 0 Å². The molecule has 0 aliphatic carbocycles. The monoisotopic (exact) mass is 404 g/mol. The minimum absolute atomic E-state index is 0.0236. The number of hydrogen-bond donors (Lipinski definition) is 0. The van der Waals surface area contributed by atoms with E-state index in [4.69, 9.17) is 11.6 Å². The van der Waals surface area contributed by atoms with Crippen molar-refractivity contribution in [3.05, 3.63) is 65.2 Å². The van der Waals surface area contributed by atoms with Gasteiger partial charge in [-0.25, -0.2) is 8.42 Å². The summed E-state index contributed by atoms with van der Waals surface area (Å²) in [7, 11) is -3.17. The molecule has 2 aromatic rings. The summed E-state index contributed by atoms with van der Waals surface area (Å²) in [4.78, 5) is 16.6. The van der Waals surface area contributed by atoms with E-state index in [1.165, 1.54) is 0 Å². The molecule has 0 unspecified atom stereocenters. The van der Waals surface area contributed by atoms with Crippen molar-refractivity contribution in [2.75, 3.05) is 29.5 Å². The number of benzene rings is 2. The molecular formula is C20H21ClN2O3S. The van der Waals surface area contributed by atoms with Crippen LogP contribution in [-0.2, 0) is 21.1 Å². The van der Waals surface area contributed by atoms with E-state index in [1.54, 1.807) is 4.90 Å². The van der Waals surface area contributed by atoms with Crippen LogP contribution in [0.3, 0.4) is 0 Å². The van der Waals surface area contributed by atoms with Gasteiger partial charge in [0.05, 0.1) is 24.1 Å². The van der Waals surface area contributed by atoms with Crippen molar-refractivity contribution in [1.82, 2.24) is 4.90 Å². The predicted octanol–water partition coefficient (Wildman–Crippen LogP) is 2.40. The predicted molar refractivity (Wildman–Crippen MR) is 107 cm³/mol. The maximum atomic E-state index is 12.9. The Labute approximate surface area is 164 Å². The lowest BCUT2D eigenvalue weighted by molar-refractivity contribution is -0.123. The van der Waals surface area contributed by atoms with Crippen molar-refractivity contribution in [2.45, 2.75) is 18.5 Å². The molecule has 2 aliphatic heterocycles. The van der Waals surface area contributed by atoms with Gasteiger partial charge in [-0.15, -0.1) is 0 Å². The van der Waals surface area contributed by atoms with Gasteiger partial charge in [0.1, 0.15) is 0 Å². The molecule has 0 radical (unpaired) electrons. The number of carbonyl (C=O) groups excluding carboxylic acids is 1. The molecule has 2 heterocycles. The highest BCUT2D eigenvalue weighted by molar-refractivity contribution is 7.91. The van der Waals surface area contributed by atoms with Crippen molar-refractivity contribution in [2.24, 2.45) is 0 Å². The van der Waals surface area contributed by atoms with Gasteiger partial charge in [-0.1, -0.05) is 41.9 Å². The van der Waals surface area contributed by atoms with Crippen LogP contribution in [0.25, 0.3) is 0 Å². The van der Waals surface area contributed by atoms with E-state index in [9.17, 15) is 13.2 Å². The Morgan fingerprint density at radius 3 is 2.33 bits per heavy atom. The molecule has 0 bridgehead atoms. The van der Waals surface area contributed by atoms with E-state index in [0.717, 1.165) is 17.7 Å². The molecule has 2 aliphatic rings. The Hall–Kier alpha value is -1.89. The first-order valence-electron chi connectivity index (χ1n) is 8.99. The quantitative estimate of drug-likeness (QED) is 0.785. The highest BCUT2D eigenvalue weighted by Crippen LogP contribution is 2.31. The van der Waals surface area contributed by atoms with Crippen LogP contribution in [0.2, 0.25) is 5.02 Å². The minimum atomic E-state index is -3.17. The number of sulfone groups is 1. The van der Waals surface area contributed by atoms with E-state index in [1.807, 2.05) is 59.5 Å². The second kappa shape index (κ2) is 7.26. The van der Waals surface area contributed by atoms with Crippen LogP contribution in [0.15, 0.2) is 54.6 Å². The summed E-state index contributed by atoms with van der Waals surface area (Å²) >= 11 is 5.93. The average Bonchev–Trinajstić information content (AvgIpc) is 2.96. The lowest BCUT2D eigenvalue weighted by atomic mass is 10.0. The Balaban J connectivity index is 1.57. The van der Waals surface area contributed by atoms with Crippen LogP contribution < -0.4 is 4.90 Å². The number of carbonyl (C=O) groups is 1. The maximum Gasteiger partial charge on any atom is 0.241 e. The number of rotatable bonds is 4. The van der Waals surface area contributed by atoms with Crippen molar-refractivity contribution in [3.8, 4) is 0 Å². The van der Waals surface area contributed by atoms with Gasteiger partial charge in [-0.3, -0.25) is 9.69 Å². The van der Waals surface area contributed by atoms with Gasteiger partial charge in [-0.05, 0) is 36.2 Å². The summed E-state index contributed by atoms with van der Waals surface area (Å²) in [6, 6.07) is 16.5. The zero-order valence-corrected chi connectivity index (χ0v) is 16.4. The van der Waals surface area contributed by atoms with Crippen molar-refractivity contribution < 1.29 is 13.2 Å². The Morgan fingerprint density at radius 2 is 1.63 bits per heavy atom. The first kappa shape index (κ1) is 18.5. The van der Waals surface area contributed by atoms with Gasteiger partial charge in [0.2, 0.25) is 5.91 Å². The number of fused-ring (bicyclic) bond motifs is 1. The second-order valence-electron chi connectivity index (χ2n) is 7.16. The molecule has 0 aromatic heterocycles. The normalized spacial score (nSPS) is 24.8. The fourth-order valence-electron chi connectivity index (χ4n) is 4.05. The van der Waals surface area contributed by atoms with E-state index < -0.39 is 9.84 Å². The molecule has 0 N–H and O–H groups in total. The van der Waals surface area contributed by atoms with E-state index in [0.29, 0.717) is 11.6 Å². The van der Waals surface area contributed by atoms with E-state index >= 15 is 0 Å². The molecule has 142 valence electrons. The molecule has 2 aromatic carbocycles. The van der Waals surface area contributed by atoms with Gasteiger partial charge in [0.15, 0.2) is 9.84 Å². The number of amides is 1. The van der Waals surface area contributed by atoms with Gasteiger partial charge < -0.3 is 4.90 Å². The number of hydrogen-bond acceptors (Lipinski definition) is 4. The number of anilines is 1. The molecule has 2 atom stereocenters. The molecular weight excluding hydrogens is 384 g/mol. The van der Waals surface area contributed by atoms with Gasteiger partial charge in [0, 0.05) is 23.3 Å². The fraction of sp³-hybridized carbons (Fsp3) is 0.350. The number of para-hydroxylation sites is 1. The highest BCUT2D eigenvalue weighted by atomic mass is 35.5. The van der Waals surface area contributed by atoms with Crippen molar-refractivity contribution >= 4 is 33.0 Å². The first-order chi connectivity index (χ1) is 12.9. The largest absolute Gasteiger partial charge is 0.306 e. The van der Waals surface area contributed by atoms with Gasteiger partial charge >= 0.3 is 0 Å². The zero-order chi connectivity index (χ0) is 19.0. The lowest BCUT2D eigenvalue weighted by Crippen LogP contribution is -2.62. The third-order valence-electron chi connectivity index (χ3n) is 5.34. The second-order valence-corrected chi connectivity index (χ2v) is 9.75. The number of halogens is 1. The summed E-state index contributed by atoms with van der Waals surface area (Å²) < 4.78 is 24.7. The van der Waals surface area contributed by atoms with Gasteiger partial charge in [-0.2, -0.15) is 0 Å². The maximum absolute atomic E-state index is 12.9. The molecule has 2 saturated heterocycles. The summed E-state index contributed by atoms with van der Waals surface area (Å²) in [6.07, 6.45) is 0.749. The first-order valence-corrected chi connectivity index (χ1v) is 11.2.